The normalized spacial score (nSPS) is 18.8. The fourth-order valence-electron chi connectivity index (χ4n) is 5.27. The molecule has 180 valence electrons. The van der Waals surface area contributed by atoms with Gasteiger partial charge >= 0.3 is 5.97 Å². The second kappa shape index (κ2) is 10.8. The average Bonchev–Trinajstić information content (AvgIpc) is 2.89. The maximum Gasteiger partial charge on any atom is 0.304 e. The summed E-state index contributed by atoms with van der Waals surface area (Å²) in [6.07, 6.45) is -0.0351. The molecule has 2 atom stereocenters. The Hall–Kier alpha value is -3.57. The van der Waals surface area contributed by atoms with E-state index in [2.05, 4.69) is 6.92 Å². The van der Waals surface area contributed by atoms with Crippen LogP contribution in [-0.2, 0) is 4.79 Å². The van der Waals surface area contributed by atoms with Crippen molar-refractivity contribution in [1.82, 2.24) is 4.90 Å². The summed E-state index contributed by atoms with van der Waals surface area (Å²) < 4.78 is 0. The molecule has 1 fully saturated rings. The van der Waals surface area contributed by atoms with Crippen LogP contribution in [0.2, 0.25) is 0 Å². The van der Waals surface area contributed by atoms with E-state index in [1.807, 2.05) is 90.7 Å². The van der Waals surface area contributed by atoms with Gasteiger partial charge in [0.25, 0.3) is 0 Å². The summed E-state index contributed by atoms with van der Waals surface area (Å²) >= 11 is 0. The van der Waals surface area contributed by atoms with Crippen LogP contribution in [0.5, 0.6) is 0 Å². The van der Waals surface area contributed by atoms with Crippen molar-refractivity contribution >= 4 is 17.5 Å². The Labute approximate surface area is 206 Å². The van der Waals surface area contributed by atoms with Gasteiger partial charge in [0.15, 0.2) is 11.6 Å². The van der Waals surface area contributed by atoms with Crippen molar-refractivity contribution in [2.45, 2.75) is 26.2 Å². The molecule has 0 saturated carbocycles. The van der Waals surface area contributed by atoms with Crippen molar-refractivity contribution in [3.8, 4) is 0 Å². The highest BCUT2D eigenvalue weighted by Gasteiger charge is 2.45. The number of aryl methyl sites for hydroxylation is 1. The summed E-state index contributed by atoms with van der Waals surface area (Å²) in [7, 11) is 0. The van der Waals surface area contributed by atoms with E-state index in [4.69, 9.17) is 0 Å². The largest absolute Gasteiger partial charge is 0.481 e. The van der Waals surface area contributed by atoms with Gasteiger partial charge in [0.2, 0.25) is 0 Å². The van der Waals surface area contributed by atoms with Crippen molar-refractivity contribution < 1.29 is 19.5 Å². The van der Waals surface area contributed by atoms with Crippen LogP contribution in [0.15, 0.2) is 78.9 Å². The summed E-state index contributed by atoms with van der Waals surface area (Å²) in [5, 5.41) is 9.29. The molecule has 35 heavy (non-hydrogen) atoms. The Morgan fingerprint density at radius 1 is 0.771 bits per heavy atom. The van der Waals surface area contributed by atoms with E-state index in [0.717, 1.165) is 16.7 Å². The van der Waals surface area contributed by atoms with E-state index in [-0.39, 0.29) is 23.9 Å². The number of aliphatic carboxylic acids is 1. The fourth-order valence-corrected chi connectivity index (χ4v) is 5.27. The third-order valence-electron chi connectivity index (χ3n) is 7.21. The zero-order chi connectivity index (χ0) is 24.9. The first-order valence-corrected chi connectivity index (χ1v) is 12.1. The van der Waals surface area contributed by atoms with Gasteiger partial charge in [0.05, 0.1) is 6.42 Å². The molecule has 1 N–H and O–H groups in total. The van der Waals surface area contributed by atoms with Crippen LogP contribution in [0, 0.1) is 25.7 Å². The Morgan fingerprint density at radius 2 is 1.29 bits per heavy atom. The van der Waals surface area contributed by atoms with E-state index < -0.39 is 17.8 Å². The molecule has 1 heterocycles. The van der Waals surface area contributed by atoms with E-state index in [9.17, 15) is 19.5 Å². The van der Waals surface area contributed by atoms with Gasteiger partial charge < -0.3 is 10.0 Å². The van der Waals surface area contributed by atoms with Crippen molar-refractivity contribution in [3.05, 3.63) is 107 Å². The standard InChI is InChI=1S/C30H31NO4/c1-20-10-9-15-24(21(20)2)28-25(29(34)22-11-5-3-6-12-22)18-31(17-16-27(32)33)19-26(28)30(35)23-13-7-4-8-14-23/h3-15,25-26,28H,16-19H2,1-2H3,(H,32,33)/t25-,26-/m0/s1. The van der Waals surface area contributed by atoms with Crippen molar-refractivity contribution in [2.75, 3.05) is 19.6 Å². The molecular weight excluding hydrogens is 438 g/mol. The number of benzene rings is 3. The zero-order valence-corrected chi connectivity index (χ0v) is 20.2. The molecule has 5 heteroatoms. The van der Waals surface area contributed by atoms with Crippen LogP contribution in [0.4, 0.5) is 0 Å². The number of rotatable bonds is 8. The number of piperidine rings is 1. The highest BCUT2D eigenvalue weighted by molar-refractivity contribution is 6.02. The molecule has 1 aliphatic rings. The molecule has 0 amide bonds. The molecule has 0 spiro atoms. The third kappa shape index (κ3) is 5.41. The number of carbonyl (C=O) groups is 3. The summed E-state index contributed by atoms with van der Waals surface area (Å²) in [6, 6.07) is 24.5. The van der Waals surface area contributed by atoms with Gasteiger partial charge in [-0.05, 0) is 30.5 Å². The quantitative estimate of drug-likeness (QED) is 0.461. The topological polar surface area (TPSA) is 74.7 Å². The highest BCUT2D eigenvalue weighted by Crippen LogP contribution is 2.42. The second-order valence-electron chi connectivity index (χ2n) is 9.39. The summed E-state index contributed by atoms with van der Waals surface area (Å²) in [5.74, 6) is -2.17. The molecule has 5 nitrogen and oxygen atoms in total. The molecule has 1 aliphatic heterocycles. The molecular formula is C30H31NO4. The van der Waals surface area contributed by atoms with Crippen LogP contribution in [0.1, 0.15) is 49.7 Å². The van der Waals surface area contributed by atoms with Crippen LogP contribution in [-0.4, -0.2) is 47.2 Å². The number of Topliss-reactive ketones (excluding diaryl/α,β-unsaturated/α-hetero) is 2. The fraction of sp³-hybridized carbons (Fsp3) is 0.300. The number of likely N-dealkylation sites (tertiary alicyclic amines) is 1. The highest BCUT2D eigenvalue weighted by atomic mass is 16.4. The maximum atomic E-state index is 13.9. The van der Waals surface area contributed by atoms with Gasteiger partial charge in [-0.1, -0.05) is 78.9 Å². The summed E-state index contributed by atoms with van der Waals surface area (Å²) in [6.45, 7) is 5.22. The lowest BCUT2D eigenvalue weighted by molar-refractivity contribution is -0.137. The van der Waals surface area contributed by atoms with E-state index >= 15 is 0 Å². The van der Waals surface area contributed by atoms with Crippen LogP contribution < -0.4 is 0 Å². The molecule has 3 aromatic rings. The van der Waals surface area contributed by atoms with Crippen LogP contribution in [0.3, 0.4) is 0 Å². The van der Waals surface area contributed by atoms with Crippen molar-refractivity contribution in [3.63, 3.8) is 0 Å². The first kappa shape index (κ1) is 24.6. The minimum absolute atomic E-state index is 0.0117. The minimum atomic E-state index is -0.890. The Kier molecular flexibility index (Phi) is 7.57. The molecule has 0 radical (unpaired) electrons. The third-order valence-corrected chi connectivity index (χ3v) is 7.21. The van der Waals surface area contributed by atoms with E-state index in [1.165, 1.54) is 0 Å². The first-order valence-electron chi connectivity index (χ1n) is 12.1. The molecule has 0 aromatic heterocycles. The predicted molar refractivity (Wildman–Crippen MR) is 136 cm³/mol. The van der Waals surface area contributed by atoms with Gasteiger partial charge in [-0.25, -0.2) is 0 Å². The van der Waals surface area contributed by atoms with Crippen LogP contribution in [0.25, 0.3) is 0 Å². The van der Waals surface area contributed by atoms with Gasteiger partial charge in [-0.15, -0.1) is 0 Å². The number of carboxylic acids is 1. The predicted octanol–water partition coefficient (Wildman–Crippen LogP) is 5.18. The SMILES string of the molecule is Cc1cccc(C2[C@@H](C(=O)c3ccccc3)CN(CCC(=O)O)C[C@@H]2C(=O)c2ccccc2)c1C. The van der Waals surface area contributed by atoms with Gasteiger partial charge in [0, 0.05) is 48.5 Å². The molecule has 3 aromatic carbocycles. The Bertz CT molecular complexity index is 1140. The molecule has 0 aliphatic carbocycles. The molecule has 4 rings (SSSR count). The number of hydrogen-bond donors (Lipinski definition) is 1. The Morgan fingerprint density at radius 3 is 1.77 bits per heavy atom. The summed E-state index contributed by atoms with van der Waals surface area (Å²) in [5.41, 5.74) is 4.45. The Balaban J connectivity index is 1.83. The minimum Gasteiger partial charge on any atom is -0.481 e. The number of carbonyl (C=O) groups excluding carboxylic acids is 2. The van der Waals surface area contributed by atoms with Gasteiger partial charge in [-0.3, -0.25) is 14.4 Å². The first-order chi connectivity index (χ1) is 16.9. The number of nitrogens with zero attached hydrogens (tertiary/aromatic N) is 1. The number of ketones is 2. The molecule has 0 bridgehead atoms. The maximum absolute atomic E-state index is 13.9. The molecule has 0 unspecified atom stereocenters. The van der Waals surface area contributed by atoms with E-state index in [1.54, 1.807) is 0 Å². The summed E-state index contributed by atoms with van der Waals surface area (Å²) in [4.78, 5) is 41.1. The second-order valence-corrected chi connectivity index (χ2v) is 9.39. The average molecular weight is 470 g/mol. The van der Waals surface area contributed by atoms with Gasteiger partial charge in [0.1, 0.15) is 0 Å². The van der Waals surface area contributed by atoms with Crippen LogP contribution >= 0.6 is 0 Å². The lowest BCUT2D eigenvalue weighted by Crippen LogP contribution is -2.51. The van der Waals surface area contributed by atoms with Crippen molar-refractivity contribution in [1.29, 1.82) is 0 Å². The number of carboxylic acid groups (broad SMARTS) is 1. The van der Waals surface area contributed by atoms with E-state index in [0.29, 0.717) is 30.8 Å². The lowest BCUT2D eigenvalue weighted by Gasteiger charge is -2.43. The van der Waals surface area contributed by atoms with Crippen molar-refractivity contribution in [2.24, 2.45) is 11.8 Å². The smallest absolute Gasteiger partial charge is 0.304 e. The van der Waals surface area contributed by atoms with Gasteiger partial charge in [-0.2, -0.15) is 0 Å². The monoisotopic (exact) mass is 469 g/mol. The zero-order valence-electron chi connectivity index (χ0n) is 20.2. The number of hydrogen-bond acceptors (Lipinski definition) is 4. The molecule has 1 saturated heterocycles. The lowest BCUT2D eigenvalue weighted by atomic mass is 9.67.